The fraction of sp³-hybridized carbons (Fsp3) is 0.812. The van der Waals surface area contributed by atoms with Crippen LogP contribution in [0.15, 0.2) is 12.2 Å². The summed E-state index contributed by atoms with van der Waals surface area (Å²) in [5, 5.41) is 0. The maximum Gasteiger partial charge on any atom is 0.333 e. The molecule has 2 fully saturated rings. The highest BCUT2D eigenvalue weighted by Crippen LogP contribution is 2.52. The van der Waals surface area contributed by atoms with Gasteiger partial charge in [-0.2, -0.15) is 0 Å². The molecule has 2 nitrogen and oxygen atoms in total. The Hall–Kier alpha value is -0.790. The van der Waals surface area contributed by atoms with Crippen molar-refractivity contribution in [3.05, 3.63) is 12.2 Å². The van der Waals surface area contributed by atoms with Crippen molar-refractivity contribution in [1.82, 2.24) is 0 Å². The van der Waals surface area contributed by atoms with Crippen molar-refractivity contribution in [3.63, 3.8) is 0 Å². The van der Waals surface area contributed by atoms with Crippen LogP contribution in [0.4, 0.5) is 0 Å². The first-order chi connectivity index (χ1) is 8.59. The van der Waals surface area contributed by atoms with Gasteiger partial charge in [0.1, 0.15) is 0 Å². The van der Waals surface area contributed by atoms with Gasteiger partial charge < -0.3 is 4.74 Å². The molecule has 0 aliphatic heterocycles. The Morgan fingerprint density at radius 2 is 2.06 bits per heavy atom. The number of hydrogen-bond donors (Lipinski definition) is 0. The Balaban J connectivity index is 1.68. The number of carbonyl (C=O) groups excluding carboxylic acids is 1. The molecule has 2 aliphatic rings. The first-order valence-corrected chi connectivity index (χ1v) is 7.42. The van der Waals surface area contributed by atoms with E-state index in [9.17, 15) is 4.79 Å². The number of rotatable bonds is 5. The van der Waals surface area contributed by atoms with E-state index >= 15 is 0 Å². The fourth-order valence-corrected chi connectivity index (χ4v) is 4.10. The quantitative estimate of drug-likeness (QED) is 0.419. The number of ether oxygens (including phenoxy) is 1. The van der Waals surface area contributed by atoms with Gasteiger partial charge in [0.2, 0.25) is 0 Å². The smallest absolute Gasteiger partial charge is 0.333 e. The van der Waals surface area contributed by atoms with Crippen molar-refractivity contribution in [2.45, 2.75) is 52.4 Å². The Morgan fingerprint density at radius 3 is 2.78 bits per heavy atom. The van der Waals surface area contributed by atoms with Crippen molar-refractivity contribution >= 4 is 5.97 Å². The lowest BCUT2D eigenvalue weighted by atomic mass is 9.88. The van der Waals surface area contributed by atoms with Gasteiger partial charge in [-0.25, -0.2) is 4.79 Å². The second kappa shape index (κ2) is 5.90. The molecule has 0 spiro atoms. The van der Waals surface area contributed by atoms with Gasteiger partial charge in [-0.1, -0.05) is 19.9 Å². The monoisotopic (exact) mass is 250 g/mol. The van der Waals surface area contributed by atoms with E-state index in [1.807, 2.05) is 0 Å². The lowest BCUT2D eigenvalue weighted by Gasteiger charge is -2.18. The topological polar surface area (TPSA) is 26.3 Å². The van der Waals surface area contributed by atoms with Gasteiger partial charge in [0.25, 0.3) is 0 Å². The average Bonchev–Trinajstić information content (AvgIpc) is 2.89. The third-order valence-corrected chi connectivity index (χ3v) is 4.94. The van der Waals surface area contributed by atoms with Crippen molar-refractivity contribution in [2.75, 3.05) is 6.61 Å². The van der Waals surface area contributed by atoms with Gasteiger partial charge in [-0.3, -0.25) is 0 Å². The molecular formula is C16H26O2. The number of esters is 1. The summed E-state index contributed by atoms with van der Waals surface area (Å²) in [6, 6.07) is 0. The molecule has 2 heteroatoms. The molecule has 0 radical (unpaired) electrons. The Morgan fingerprint density at radius 1 is 1.33 bits per heavy atom. The van der Waals surface area contributed by atoms with Crippen LogP contribution in [0.5, 0.6) is 0 Å². The maximum absolute atomic E-state index is 11.3. The van der Waals surface area contributed by atoms with Crippen LogP contribution in [0.3, 0.4) is 0 Å². The summed E-state index contributed by atoms with van der Waals surface area (Å²) >= 11 is 0. The van der Waals surface area contributed by atoms with E-state index in [0.29, 0.717) is 12.2 Å². The van der Waals surface area contributed by atoms with E-state index in [1.54, 1.807) is 6.92 Å². The van der Waals surface area contributed by atoms with Crippen LogP contribution in [0.1, 0.15) is 52.4 Å². The highest BCUT2D eigenvalue weighted by Gasteiger charge is 2.42. The first kappa shape index (κ1) is 13.6. The second-order valence-electron chi connectivity index (χ2n) is 6.29. The van der Waals surface area contributed by atoms with E-state index in [4.69, 9.17) is 4.74 Å². The van der Waals surface area contributed by atoms with Crippen molar-refractivity contribution < 1.29 is 9.53 Å². The van der Waals surface area contributed by atoms with Gasteiger partial charge in [0.05, 0.1) is 6.61 Å². The summed E-state index contributed by atoms with van der Waals surface area (Å²) in [5.41, 5.74) is 0.500. The van der Waals surface area contributed by atoms with Crippen LogP contribution in [0.25, 0.3) is 0 Å². The average molecular weight is 250 g/mol. The minimum atomic E-state index is -0.242. The molecule has 0 amide bonds. The fourth-order valence-electron chi connectivity index (χ4n) is 4.10. The Bertz CT molecular complexity index is 321. The van der Waals surface area contributed by atoms with E-state index in [-0.39, 0.29) is 5.97 Å². The molecule has 0 heterocycles. The Labute approximate surface area is 111 Å². The SMILES string of the molecule is C=C(C)C(=O)OCCCC1CC(C)C2CCCC12. The van der Waals surface area contributed by atoms with E-state index in [1.165, 1.54) is 32.1 Å². The first-order valence-electron chi connectivity index (χ1n) is 7.42. The van der Waals surface area contributed by atoms with Gasteiger partial charge >= 0.3 is 5.97 Å². The number of fused-ring (bicyclic) bond motifs is 1. The Kier molecular flexibility index (Phi) is 4.47. The van der Waals surface area contributed by atoms with Crippen LogP contribution in [0, 0.1) is 23.7 Å². The second-order valence-corrected chi connectivity index (χ2v) is 6.29. The summed E-state index contributed by atoms with van der Waals surface area (Å²) in [4.78, 5) is 11.3. The van der Waals surface area contributed by atoms with Crippen LogP contribution in [0.2, 0.25) is 0 Å². The lowest BCUT2D eigenvalue weighted by molar-refractivity contribution is -0.139. The molecule has 0 aromatic carbocycles. The third-order valence-electron chi connectivity index (χ3n) is 4.94. The highest BCUT2D eigenvalue weighted by atomic mass is 16.5. The van der Waals surface area contributed by atoms with Crippen molar-refractivity contribution in [2.24, 2.45) is 23.7 Å². The molecule has 2 rings (SSSR count). The molecule has 0 aromatic heterocycles. The standard InChI is InChI=1S/C16H26O2/c1-11(2)16(17)18-9-5-6-13-10-12(3)14-7-4-8-15(13)14/h12-15H,1,4-10H2,2-3H3. The summed E-state index contributed by atoms with van der Waals surface area (Å²) < 4.78 is 5.16. The van der Waals surface area contributed by atoms with E-state index in [0.717, 1.165) is 30.1 Å². The zero-order valence-electron chi connectivity index (χ0n) is 11.8. The van der Waals surface area contributed by atoms with Crippen LogP contribution in [-0.4, -0.2) is 12.6 Å². The highest BCUT2D eigenvalue weighted by molar-refractivity contribution is 5.86. The molecule has 18 heavy (non-hydrogen) atoms. The van der Waals surface area contributed by atoms with Gasteiger partial charge in [0.15, 0.2) is 0 Å². The molecule has 2 saturated carbocycles. The number of carbonyl (C=O) groups is 1. The molecule has 2 aliphatic carbocycles. The summed E-state index contributed by atoms with van der Waals surface area (Å²) in [5.74, 6) is 3.52. The predicted molar refractivity (Wildman–Crippen MR) is 73.1 cm³/mol. The van der Waals surface area contributed by atoms with E-state index in [2.05, 4.69) is 13.5 Å². The van der Waals surface area contributed by atoms with Gasteiger partial charge in [-0.15, -0.1) is 0 Å². The summed E-state index contributed by atoms with van der Waals surface area (Å²) in [7, 11) is 0. The van der Waals surface area contributed by atoms with Crippen molar-refractivity contribution in [3.8, 4) is 0 Å². The van der Waals surface area contributed by atoms with Crippen molar-refractivity contribution in [1.29, 1.82) is 0 Å². The molecule has 102 valence electrons. The molecule has 0 aromatic rings. The molecule has 0 bridgehead atoms. The number of hydrogen-bond acceptors (Lipinski definition) is 2. The lowest BCUT2D eigenvalue weighted by Crippen LogP contribution is -2.12. The molecule has 4 atom stereocenters. The normalized spacial score (nSPS) is 34.3. The van der Waals surface area contributed by atoms with Crippen LogP contribution in [-0.2, 0) is 9.53 Å². The summed E-state index contributed by atoms with van der Waals surface area (Å²) in [6.45, 7) is 8.27. The molecule has 0 N–H and O–H groups in total. The zero-order chi connectivity index (χ0) is 13.1. The van der Waals surface area contributed by atoms with Gasteiger partial charge in [0, 0.05) is 5.57 Å². The predicted octanol–water partition coefficient (Wildman–Crippen LogP) is 3.96. The summed E-state index contributed by atoms with van der Waals surface area (Å²) in [6.07, 6.45) is 7.96. The molecule has 4 unspecified atom stereocenters. The van der Waals surface area contributed by atoms with Crippen LogP contribution >= 0.6 is 0 Å². The van der Waals surface area contributed by atoms with E-state index < -0.39 is 0 Å². The largest absolute Gasteiger partial charge is 0.462 e. The minimum absolute atomic E-state index is 0.242. The maximum atomic E-state index is 11.3. The third kappa shape index (κ3) is 2.96. The van der Waals surface area contributed by atoms with Gasteiger partial charge in [-0.05, 0) is 62.7 Å². The molecular weight excluding hydrogens is 224 g/mol. The minimum Gasteiger partial charge on any atom is -0.462 e. The molecule has 0 saturated heterocycles. The zero-order valence-corrected chi connectivity index (χ0v) is 11.8. The van der Waals surface area contributed by atoms with Crippen LogP contribution < -0.4 is 0 Å².